The van der Waals surface area contributed by atoms with Gasteiger partial charge in [0, 0.05) is 36.4 Å². The van der Waals surface area contributed by atoms with E-state index < -0.39 is 0 Å². The van der Waals surface area contributed by atoms with Gasteiger partial charge in [0.2, 0.25) is 5.91 Å². The molecule has 0 aliphatic heterocycles. The molecule has 3 nitrogen and oxygen atoms in total. The SMILES string of the molecule is CN(C)c1ccc(NC(=O)C=Cc2cccs2)cc1. The zero-order valence-corrected chi connectivity index (χ0v) is 11.8. The van der Waals surface area contributed by atoms with E-state index in [1.165, 1.54) is 0 Å². The van der Waals surface area contributed by atoms with Crippen molar-refractivity contribution in [1.82, 2.24) is 0 Å². The molecular formula is C15H16N2OS. The number of nitrogens with one attached hydrogen (secondary N) is 1. The third-order valence-electron chi connectivity index (χ3n) is 2.59. The van der Waals surface area contributed by atoms with Crippen LogP contribution in [-0.2, 0) is 4.79 Å². The van der Waals surface area contributed by atoms with Crippen LogP contribution in [0.25, 0.3) is 6.08 Å². The highest BCUT2D eigenvalue weighted by Crippen LogP contribution is 2.16. The largest absolute Gasteiger partial charge is 0.378 e. The molecule has 2 rings (SSSR count). The lowest BCUT2D eigenvalue weighted by Gasteiger charge is -2.12. The molecule has 1 N–H and O–H groups in total. The molecule has 0 unspecified atom stereocenters. The van der Waals surface area contributed by atoms with E-state index in [2.05, 4.69) is 5.32 Å². The topological polar surface area (TPSA) is 32.3 Å². The molecule has 1 amide bonds. The van der Waals surface area contributed by atoms with Crippen LogP contribution in [0.15, 0.2) is 47.9 Å². The first kappa shape index (κ1) is 13.4. The summed E-state index contributed by atoms with van der Waals surface area (Å²) in [5.41, 5.74) is 1.90. The predicted octanol–water partition coefficient (Wildman–Crippen LogP) is 3.47. The maximum Gasteiger partial charge on any atom is 0.248 e. The van der Waals surface area contributed by atoms with Crippen LogP contribution >= 0.6 is 11.3 Å². The number of nitrogens with zero attached hydrogens (tertiary/aromatic N) is 1. The third kappa shape index (κ3) is 3.96. The van der Waals surface area contributed by atoms with Crippen molar-refractivity contribution in [2.45, 2.75) is 0 Å². The summed E-state index contributed by atoms with van der Waals surface area (Å²) in [5.74, 6) is -0.119. The van der Waals surface area contributed by atoms with Crippen LogP contribution in [0.4, 0.5) is 11.4 Å². The highest BCUT2D eigenvalue weighted by atomic mass is 32.1. The van der Waals surface area contributed by atoms with Gasteiger partial charge in [-0.15, -0.1) is 11.3 Å². The average molecular weight is 272 g/mol. The number of hydrogen-bond acceptors (Lipinski definition) is 3. The van der Waals surface area contributed by atoms with Gasteiger partial charge in [-0.05, 0) is 41.8 Å². The normalized spacial score (nSPS) is 10.6. The first-order chi connectivity index (χ1) is 9.15. The molecule has 0 aliphatic carbocycles. The molecule has 19 heavy (non-hydrogen) atoms. The van der Waals surface area contributed by atoms with Gasteiger partial charge in [-0.2, -0.15) is 0 Å². The van der Waals surface area contributed by atoms with Crippen LogP contribution in [0, 0.1) is 0 Å². The van der Waals surface area contributed by atoms with Crippen molar-refractivity contribution in [2.24, 2.45) is 0 Å². The Kier molecular flexibility index (Phi) is 4.36. The van der Waals surface area contributed by atoms with Crippen molar-refractivity contribution < 1.29 is 4.79 Å². The summed E-state index contributed by atoms with van der Waals surface area (Å²) in [6.45, 7) is 0. The lowest BCUT2D eigenvalue weighted by Crippen LogP contribution is -2.10. The van der Waals surface area contributed by atoms with Gasteiger partial charge >= 0.3 is 0 Å². The summed E-state index contributed by atoms with van der Waals surface area (Å²) in [5, 5.41) is 4.81. The molecule has 0 spiro atoms. The smallest absolute Gasteiger partial charge is 0.248 e. The number of carbonyl (C=O) groups excluding carboxylic acids is 1. The number of amides is 1. The molecule has 1 aromatic carbocycles. The zero-order chi connectivity index (χ0) is 13.7. The number of rotatable bonds is 4. The Bertz CT molecular complexity index is 556. The number of carbonyl (C=O) groups is 1. The van der Waals surface area contributed by atoms with Crippen molar-refractivity contribution in [3.05, 3.63) is 52.7 Å². The van der Waals surface area contributed by atoms with Gasteiger partial charge in [0.15, 0.2) is 0 Å². The van der Waals surface area contributed by atoms with E-state index in [-0.39, 0.29) is 5.91 Å². The first-order valence-electron chi connectivity index (χ1n) is 5.95. The van der Waals surface area contributed by atoms with Gasteiger partial charge in [-0.25, -0.2) is 0 Å². The van der Waals surface area contributed by atoms with E-state index in [1.807, 2.05) is 66.8 Å². The second-order valence-corrected chi connectivity index (χ2v) is 5.26. The fourth-order valence-corrected chi connectivity index (χ4v) is 2.19. The Morgan fingerprint density at radius 1 is 1.21 bits per heavy atom. The number of thiophene rings is 1. The Morgan fingerprint density at radius 2 is 1.95 bits per heavy atom. The van der Waals surface area contributed by atoms with E-state index in [9.17, 15) is 4.79 Å². The highest BCUT2D eigenvalue weighted by Gasteiger charge is 1.99. The number of benzene rings is 1. The maximum absolute atomic E-state index is 11.7. The monoisotopic (exact) mass is 272 g/mol. The van der Waals surface area contributed by atoms with Crippen molar-refractivity contribution in [3.63, 3.8) is 0 Å². The molecule has 0 saturated heterocycles. The molecule has 1 aromatic heterocycles. The fourth-order valence-electron chi connectivity index (χ4n) is 1.57. The minimum Gasteiger partial charge on any atom is -0.378 e. The molecule has 0 aliphatic rings. The molecule has 0 atom stereocenters. The second kappa shape index (κ2) is 6.20. The lowest BCUT2D eigenvalue weighted by atomic mass is 10.2. The van der Waals surface area contributed by atoms with Gasteiger partial charge in [0.1, 0.15) is 0 Å². The molecule has 0 radical (unpaired) electrons. The molecular weight excluding hydrogens is 256 g/mol. The molecule has 0 saturated carbocycles. The standard InChI is InChI=1S/C15H16N2OS/c1-17(2)13-7-5-12(6-8-13)16-15(18)10-9-14-4-3-11-19-14/h3-11H,1-2H3,(H,16,18). The van der Waals surface area contributed by atoms with Gasteiger partial charge in [-0.3, -0.25) is 4.79 Å². The van der Waals surface area contributed by atoms with E-state index >= 15 is 0 Å². The summed E-state index contributed by atoms with van der Waals surface area (Å²) in [6, 6.07) is 11.7. The van der Waals surface area contributed by atoms with Gasteiger partial charge in [0.05, 0.1) is 0 Å². The van der Waals surface area contributed by atoms with Gasteiger partial charge in [-0.1, -0.05) is 6.07 Å². The highest BCUT2D eigenvalue weighted by molar-refractivity contribution is 7.10. The number of hydrogen-bond donors (Lipinski definition) is 1. The summed E-state index contributed by atoms with van der Waals surface area (Å²) in [7, 11) is 3.97. The van der Waals surface area contributed by atoms with Crippen molar-refractivity contribution in [3.8, 4) is 0 Å². The fraction of sp³-hybridized carbons (Fsp3) is 0.133. The molecule has 0 bridgehead atoms. The zero-order valence-electron chi connectivity index (χ0n) is 11.0. The first-order valence-corrected chi connectivity index (χ1v) is 6.83. The van der Waals surface area contributed by atoms with Crippen molar-refractivity contribution >= 4 is 34.7 Å². The molecule has 2 aromatic rings. The second-order valence-electron chi connectivity index (χ2n) is 4.28. The number of anilines is 2. The van der Waals surface area contributed by atoms with E-state index in [4.69, 9.17) is 0 Å². The molecule has 0 fully saturated rings. The minimum absolute atomic E-state index is 0.119. The van der Waals surface area contributed by atoms with Crippen LogP contribution in [0.2, 0.25) is 0 Å². The van der Waals surface area contributed by atoms with Crippen LogP contribution in [0.3, 0.4) is 0 Å². The summed E-state index contributed by atoms with van der Waals surface area (Å²) >= 11 is 1.60. The predicted molar refractivity (Wildman–Crippen MR) is 82.8 cm³/mol. The van der Waals surface area contributed by atoms with E-state index in [0.717, 1.165) is 16.3 Å². The summed E-state index contributed by atoms with van der Waals surface area (Å²) < 4.78 is 0. The van der Waals surface area contributed by atoms with E-state index in [1.54, 1.807) is 17.4 Å². The van der Waals surface area contributed by atoms with Crippen molar-refractivity contribution in [2.75, 3.05) is 24.3 Å². The third-order valence-corrected chi connectivity index (χ3v) is 3.43. The average Bonchev–Trinajstić information content (AvgIpc) is 2.90. The van der Waals surface area contributed by atoms with Crippen molar-refractivity contribution in [1.29, 1.82) is 0 Å². The Hall–Kier alpha value is -2.07. The van der Waals surface area contributed by atoms with Crippen LogP contribution in [0.5, 0.6) is 0 Å². The van der Waals surface area contributed by atoms with Crippen LogP contribution in [-0.4, -0.2) is 20.0 Å². The lowest BCUT2D eigenvalue weighted by molar-refractivity contribution is -0.111. The Balaban J connectivity index is 1.95. The van der Waals surface area contributed by atoms with Crippen LogP contribution < -0.4 is 10.2 Å². The van der Waals surface area contributed by atoms with Gasteiger partial charge in [0.25, 0.3) is 0 Å². The summed E-state index contributed by atoms with van der Waals surface area (Å²) in [4.78, 5) is 14.8. The van der Waals surface area contributed by atoms with Crippen LogP contribution in [0.1, 0.15) is 4.88 Å². The Morgan fingerprint density at radius 3 is 2.53 bits per heavy atom. The summed E-state index contributed by atoms with van der Waals surface area (Å²) in [6.07, 6.45) is 3.36. The molecule has 4 heteroatoms. The quantitative estimate of drug-likeness (QED) is 0.864. The van der Waals surface area contributed by atoms with E-state index in [0.29, 0.717) is 0 Å². The van der Waals surface area contributed by atoms with Gasteiger partial charge < -0.3 is 10.2 Å². The molecule has 1 heterocycles. The minimum atomic E-state index is -0.119. The Labute approximate surface area is 117 Å². The molecule has 98 valence electrons. The maximum atomic E-state index is 11.7.